The van der Waals surface area contributed by atoms with Gasteiger partial charge in [-0.25, -0.2) is 4.79 Å². The molecule has 0 aliphatic carbocycles. The van der Waals surface area contributed by atoms with Crippen LogP contribution in [0, 0.1) is 0 Å². The highest BCUT2D eigenvalue weighted by molar-refractivity contribution is 5.86. The number of aliphatic hydroxyl groups is 2. The molecule has 164 valence electrons. The Labute approximate surface area is 175 Å². The zero-order valence-corrected chi connectivity index (χ0v) is 17.7. The van der Waals surface area contributed by atoms with Crippen LogP contribution >= 0.6 is 0 Å². The number of fused-ring (bicyclic) bond motifs is 1. The first-order chi connectivity index (χ1) is 14.3. The van der Waals surface area contributed by atoms with Crippen LogP contribution in [0.5, 0.6) is 17.2 Å². The first-order valence-corrected chi connectivity index (χ1v) is 9.95. The Morgan fingerprint density at radius 1 is 1.20 bits per heavy atom. The maximum Gasteiger partial charge on any atom is 0.383 e. The molecule has 1 heterocycles. The van der Waals surface area contributed by atoms with Crippen LogP contribution in [0.1, 0.15) is 40.0 Å². The van der Waals surface area contributed by atoms with Crippen LogP contribution in [0.25, 0.3) is 11.0 Å². The van der Waals surface area contributed by atoms with Gasteiger partial charge in [-0.15, -0.1) is 0 Å². The van der Waals surface area contributed by atoms with Crippen molar-refractivity contribution in [2.75, 3.05) is 19.8 Å². The lowest BCUT2D eigenvalue weighted by Crippen LogP contribution is -2.15. The Hall–Kier alpha value is -2.77. The van der Waals surface area contributed by atoms with Gasteiger partial charge in [0.1, 0.15) is 17.9 Å². The summed E-state index contributed by atoms with van der Waals surface area (Å²) in [6, 6.07) is 4.67. The first-order valence-electron chi connectivity index (χ1n) is 9.95. The summed E-state index contributed by atoms with van der Waals surface area (Å²) < 4.78 is 16.2. The molecular formula is C23H30O7. The summed E-state index contributed by atoms with van der Waals surface area (Å²) in [6.07, 6.45) is 5.28. The van der Waals surface area contributed by atoms with E-state index < -0.39 is 11.7 Å². The van der Waals surface area contributed by atoms with E-state index in [9.17, 15) is 15.0 Å². The van der Waals surface area contributed by atoms with Gasteiger partial charge in [-0.1, -0.05) is 17.2 Å². The molecule has 2 aromatic rings. The molecule has 7 heteroatoms. The summed E-state index contributed by atoms with van der Waals surface area (Å²) in [5.41, 5.74) is 1.79. The van der Waals surface area contributed by atoms with Gasteiger partial charge in [0, 0.05) is 12.5 Å². The van der Waals surface area contributed by atoms with Crippen LogP contribution in [0.2, 0.25) is 0 Å². The summed E-state index contributed by atoms with van der Waals surface area (Å²) in [5, 5.41) is 28.9. The molecule has 1 atom stereocenters. The zero-order chi connectivity index (χ0) is 22.1. The normalized spacial score (nSPS) is 12.6. The second kappa shape index (κ2) is 11.4. The fourth-order valence-electron chi connectivity index (χ4n) is 2.73. The third-order valence-corrected chi connectivity index (χ3v) is 4.49. The molecule has 1 aromatic carbocycles. The van der Waals surface area contributed by atoms with Crippen LogP contribution < -0.4 is 15.1 Å². The quantitative estimate of drug-likeness (QED) is 0.377. The fourth-order valence-corrected chi connectivity index (χ4v) is 2.73. The first kappa shape index (κ1) is 23.5. The molecular weight excluding hydrogens is 388 g/mol. The minimum Gasteiger partial charge on any atom is -0.504 e. The molecule has 0 fully saturated rings. The van der Waals surface area contributed by atoms with Crippen molar-refractivity contribution in [1.82, 2.24) is 0 Å². The summed E-state index contributed by atoms with van der Waals surface area (Å²) in [7, 11) is 0. The van der Waals surface area contributed by atoms with Crippen LogP contribution in [0.3, 0.4) is 0 Å². The highest BCUT2D eigenvalue weighted by Gasteiger charge is 2.16. The lowest BCUT2D eigenvalue weighted by Gasteiger charge is -2.11. The molecule has 30 heavy (non-hydrogen) atoms. The number of allylic oxidation sites excluding steroid dienone is 3. The molecule has 0 bridgehead atoms. The van der Waals surface area contributed by atoms with Gasteiger partial charge >= 0.3 is 5.63 Å². The van der Waals surface area contributed by atoms with Crippen molar-refractivity contribution in [3.63, 3.8) is 0 Å². The monoisotopic (exact) mass is 418 g/mol. The van der Waals surface area contributed by atoms with Crippen molar-refractivity contribution in [2.45, 2.75) is 46.1 Å². The molecule has 0 aliphatic rings. The van der Waals surface area contributed by atoms with E-state index in [1.807, 2.05) is 13.0 Å². The Morgan fingerprint density at radius 3 is 2.67 bits per heavy atom. The topological polar surface area (TPSA) is 109 Å². The Morgan fingerprint density at radius 2 is 1.97 bits per heavy atom. The number of benzene rings is 1. The van der Waals surface area contributed by atoms with E-state index in [1.54, 1.807) is 12.1 Å². The molecule has 0 amide bonds. The van der Waals surface area contributed by atoms with Crippen LogP contribution in [0.4, 0.5) is 0 Å². The van der Waals surface area contributed by atoms with E-state index in [4.69, 9.17) is 19.0 Å². The summed E-state index contributed by atoms with van der Waals surface area (Å²) in [6.45, 7) is 6.10. The summed E-state index contributed by atoms with van der Waals surface area (Å²) in [4.78, 5) is 12.2. The smallest absolute Gasteiger partial charge is 0.383 e. The molecule has 3 N–H and O–H groups in total. The third-order valence-electron chi connectivity index (χ3n) is 4.49. The molecule has 7 nitrogen and oxygen atoms in total. The van der Waals surface area contributed by atoms with Crippen LogP contribution in [-0.2, 0) is 0 Å². The molecule has 2 rings (SSSR count). The van der Waals surface area contributed by atoms with Gasteiger partial charge in [0.05, 0.1) is 24.7 Å². The molecule has 1 unspecified atom stereocenters. The minimum atomic E-state index is -0.850. The number of hydrogen-bond acceptors (Lipinski definition) is 7. The molecule has 0 saturated carbocycles. The molecule has 1 aromatic heterocycles. The second-order valence-electron chi connectivity index (χ2n) is 7.38. The van der Waals surface area contributed by atoms with E-state index in [2.05, 4.69) is 19.9 Å². The summed E-state index contributed by atoms with van der Waals surface area (Å²) >= 11 is 0. The SMILES string of the molecule is CC(C)=CCCC(C)=CCOc1c(O)c2ccc(OCCC(O)CO)cc2oc1=O. The number of rotatable bonds is 11. The highest BCUT2D eigenvalue weighted by atomic mass is 16.5. The number of aromatic hydroxyl groups is 1. The van der Waals surface area contributed by atoms with Gasteiger partial charge in [0.2, 0.25) is 5.75 Å². The molecule has 0 saturated heterocycles. The molecule has 0 radical (unpaired) electrons. The van der Waals surface area contributed by atoms with Gasteiger partial charge in [-0.05, 0) is 51.8 Å². The average Bonchev–Trinajstić information content (AvgIpc) is 2.69. The lowest BCUT2D eigenvalue weighted by atomic mass is 10.1. The third kappa shape index (κ3) is 6.93. The standard InChI is InChI=1S/C23H30O7/c1-15(2)5-4-6-16(3)9-11-29-22-21(26)19-8-7-18(13-20(19)30-23(22)27)28-12-10-17(25)14-24/h5,7-9,13,17,24-26H,4,6,10-12,14H2,1-3H3. The number of hydrogen-bond donors (Lipinski definition) is 3. The van der Waals surface area contributed by atoms with Crippen molar-refractivity contribution < 1.29 is 29.2 Å². The zero-order valence-electron chi connectivity index (χ0n) is 17.7. The molecule has 0 aliphatic heterocycles. The maximum absolute atomic E-state index is 12.2. The Bertz CT molecular complexity index is 952. The number of aliphatic hydroxyl groups excluding tert-OH is 2. The van der Waals surface area contributed by atoms with Gasteiger partial charge < -0.3 is 29.2 Å². The van der Waals surface area contributed by atoms with Crippen molar-refractivity contribution in [2.24, 2.45) is 0 Å². The van der Waals surface area contributed by atoms with Crippen molar-refractivity contribution in [1.29, 1.82) is 0 Å². The molecule has 0 spiro atoms. The average molecular weight is 418 g/mol. The van der Waals surface area contributed by atoms with Gasteiger partial charge in [-0.3, -0.25) is 0 Å². The van der Waals surface area contributed by atoms with Gasteiger partial charge in [-0.2, -0.15) is 0 Å². The lowest BCUT2D eigenvalue weighted by molar-refractivity contribution is 0.0754. The van der Waals surface area contributed by atoms with Gasteiger partial charge in [0.25, 0.3) is 0 Å². The van der Waals surface area contributed by atoms with E-state index in [-0.39, 0.29) is 43.3 Å². The van der Waals surface area contributed by atoms with Crippen molar-refractivity contribution in [3.05, 3.63) is 51.9 Å². The van der Waals surface area contributed by atoms with E-state index in [0.29, 0.717) is 11.1 Å². The maximum atomic E-state index is 12.2. The van der Waals surface area contributed by atoms with E-state index >= 15 is 0 Å². The largest absolute Gasteiger partial charge is 0.504 e. The van der Waals surface area contributed by atoms with E-state index in [1.165, 1.54) is 11.6 Å². The Kier molecular flexibility index (Phi) is 8.95. The van der Waals surface area contributed by atoms with Gasteiger partial charge in [0.15, 0.2) is 5.75 Å². The van der Waals surface area contributed by atoms with Crippen LogP contribution in [0.15, 0.2) is 50.7 Å². The van der Waals surface area contributed by atoms with Crippen molar-refractivity contribution >= 4 is 11.0 Å². The number of ether oxygens (including phenoxy) is 2. The fraction of sp³-hybridized carbons (Fsp3) is 0.435. The second-order valence-corrected chi connectivity index (χ2v) is 7.38. The minimum absolute atomic E-state index is 0.152. The van der Waals surface area contributed by atoms with Crippen molar-refractivity contribution in [3.8, 4) is 17.2 Å². The predicted molar refractivity (Wildman–Crippen MR) is 115 cm³/mol. The summed E-state index contributed by atoms with van der Waals surface area (Å²) in [5.74, 6) is -0.0894. The van der Waals surface area contributed by atoms with E-state index in [0.717, 1.165) is 18.4 Å². The Balaban J connectivity index is 2.06. The van der Waals surface area contributed by atoms with Crippen LogP contribution in [-0.4, -0.2) is 41.2 Å². The highest BCUT2D eigenvalue weighted by Crippen LogP contribution is 2.33. The predicted octanol–water partition coefficient (Wildman–Crippen LogP) is 3.69.